The SMILES string of the molecule is O=C(O)CC(NC(=O)CNC(=O)c1cc(NC2=NCCCN2)cc(C(F)(F)F)c1)c1cc(I)cc(I)c1.O=C(O)CC(NC(=O)CNC(=O)c1cc(NC2=NCCN2)cc(C(F)(F)F)c1)c1cc(Br)cc(I)c1.O=C(O)CC(NC(=O)CNC(=O)c1cc(NC2=NCCN2)cc(C(F)(F)F)c1)c1cc(Cl)cc(Br)c1.O=C(O)CC(NC(=O)CNC(=O)c1cc(NC2=NCCN2)cc(C(F)(F)F)c1)c1cc(I)cc(I)c1. The van der Waals surface area contributed by atoms with E-state index in [2.05, 4.69) is 227 Å². The molecule has 0 bridgehead atoms. The first kappa shape index (κ1) is 117. The van der Waals surface area contributed by atoms with Crippen LogP contribution in [0.25, 0.3) is 0 Å². The number of benzene rings is 8. The maximum absolute atomic E-state index is 13.5. The van der Waals surface area contributed by atoms with Crippen LogP contribution in [0, 0.1) is 17.9 Å². The van der Waals surface area contributed by atoms with Gasteiger partial charge in [0.1, 0.15) is 0 Å². The molecule has 0 saturated carbocycles. The maximum atomic E-state index is 13.5. The number of carboxylic acids is 4. The molecule has 4 aliphatic heterocycles. The Bertz CT molecular complexity index is 5820. The number of nitrogens with zero attached hydrogens (tertiary/aromatic N) is 4. The van der Waals surface area contributed by atoms with Crippen molar-refractivity contribution in [2.75, 3.05) is 99.8 Å². The highest BCUT2D eigenvalue weighted by atomic mass is 127. The quantitative estimate of drug-likeness (QED) is 0.0137. The fourth-order valence-electron chi connectivity index (χ4n) is 13.4. The Hall–Kier alpha value is -11.5. The monoisotopic (exact) mass is 2740 g/mol. The van der Waals surface area contributed by atoms with Crippen molar-refractivity contribution < 1.29 is 131 Å². The number of alkyl halides is 12. The average Bonchev–Trinajstić information content (AvgIpc) is 1.73. The minimum Gasteiger partial charge on any atom is -0.481 e. The summed E-state index contributed by atoms with van der Waals surface area (Å²) in [5.41, 5.74) is -3.38. The molecule has 4 unspecified atom stereocenters. The standard InChI is InChI=1S/C23H22F3I2N5O4.C22H20BrClF3N5O4.C22H20BrF3IN5O4.C22H20F3I2N5O4/c24-23(25,26)14-4-13(7-17(8-14)32-22-29-2-1-3-30-22)21(37)31-11-19(34)33-18(10-20(35)36)12-5-15(27)9-16(28)6-12;23-14-4-11(5-15(24)8-14)17(9-19(34)35)32-18(33)10-30-20(36)12-3-13(22(25,26)27)7-16(6-12)31-21-28-1-2-29-21;23-14-4-11(5-15(27)8-14)17(9-19(34)35)32-18(33)10-30-20(36)12-3-13(22(24,25)26)7-16(6-12)31-21-28-1-2-29-21;23-22(24,25)13-3-12(6-16(7-13)31-21-28-1-2-29-21)20(36)30-10-18(33)32-17(9-19(34)35)11-4-14(26)8-15(27)5-11/h4-9,18H,1-3,10-11H2,(H,31,37)(H,33,34)(H,35,36)(H2,29,30,32);3*3-8,17H,1-2,9-10H2,(H,30,36)(H,32,33)(H,34,35)(H2,28,29,31). The average molecular weight is 2750 g/mol. The number of hydrogen-bond acceptors (Lipinski definition) is 24. The number of carbonyl (C=O) groups is 12. The van der Waals surface area contributed by atoms with Crippen LogP contribution < -0.4 is 85.1 Å². The van der Waals surface area contributed by atoms with E-state index >= 15 is 0 Å². The van der Waals surface area contributed by atoms with Crippen molar-refractivity contribution in [1.82, 2.24) is 63.8 Å². The van der Waals surface area contributed by atoms with Gasteiger partial charge < -0.3 is 105 Å². The molecule has 20 N–H and O–H groups in total. The van der Waals surface area contributed by atoms with E-state index in [0.717, 1.165) is 48.5 Å². The third-order valence-electron chi connectivity index (χ3n) is 19.7. The van der Waals surface area contributed by atoms with Crippen LogP contribution in [-0.2, 0) is 63.1 Å². The summed E-state index contributed by atoms with van der Waals surface area (Å²) >= 11 is 22.9. The molecule has 0 spiro atoms. The normalized spacial score (nSPS) is 13.9. The summed E-state index contributed by atoms with van der Waals surface area (Å²) in [7, 11) is 0. The number of aliphatic carboxylic acids is 4. The molecule has 0 radical (unpaired) electrons. The van der Waals surface area contributed by atoms with Crippen LogP contribution in [0.15, 0.2) is 175 Å². The zero-order valence-electron chi connectivity index (χ0n) is 74.2. The third-order valence-corrected chi connectivity index (χ3v) is 24.0. The molecule has 774 valence electrons. The first-order valence-corrected chi connectivity index (χ1v) is 49.6. The lowest BCUT2D eigenvalue weighted by atomic mass is 10.0. The molecule has 56 heteroatoms. The molecule has 8 aromatic carbocycles. The van der Waals surface area contributed by atoms with Gasteiger partial charge in [-0.2, -0.15) is 52.7 Å². The second-order valence-electron chi connectivity index (χ2n) is 31.1. The Morgan fingerprint density at radius 1 is 0.317 bits per heavy atom. The summed E-state index contributed by atoms with van der Waals surface area (Å²) in [6.07, 6.45) is -19.7. The molecule has 8 aromatic rings. The Morgan fingerprint density at radius 3 is 0.772 bits per heavy atom. The largest absolute Gasteiger partial charge is 0.481 e. The molecular weight excluding hydrogens is 2660 g/mol. The number of guanidine groups is 4. The van der Waals surface area contributed by atoms with Crippen LogP contribution in [0.3, 0.4) is 0 Å². The summed E-state index contributed by atoms with van der Waals surface area (Å²) in [5, 5.41) is 78.9. The van der Waals surface area contributed by atoms with Gasteiger partial charge in [0.05, 0.1) is 118 Å². The lowest BCUT2D eigenvalue weighted by molar-refractivity contribution is -0.139. The molecule has 145 heavy (non-hydrogen) atoms. The zero-order valence-corrected chi connectivity index (χ0v) is 88.9. The molecule has 36 nitrogen and oxygen atoms in total. The molecule has 4 heterocycles. The van der Waals surface area contributed by atoms with Crippen molar-refractivity contribution in [1.29, 1.82) is 0 Å². The van der Waals surface area contributed by atoms with Crippen LogP contribution in [0.4, 0.5) is 75.4 Å². The van der Waals surface area contributed by atoms with E-state index in [1.54, 1.807) is 54.6 Å². The van der Waals surface area contributed by atoms with Crippen LogP contribution in [0.2, 0.25) is 5.02 Å². The van der Waals surface area contributed by atoms with Gasteiger partial charge in [0.15, 0.2) is 23.8 Å². The summed E-state index contributed by atoms with van der Waals surface area (Å²) in [5.74, 6) is -9.96. The van der Waals surface area contributed by atoms with E-state index in [-0.39, 0.29) is 62.9 Å². The minimum absolute atomic E-state index is 0.00152. The Morgan fingerprint density at radius 2 is 0.552 bits per heavy atom. The molecule has 12 rings (SSSR count). The van der Waals surface area contributed by atoms with E-state index in [9.17, 15) is 131 Å². The fraction of sp³-hybridized carbons (Fsp3) is 0.281. The van der Waals surface area contributed by atoms with Gasteiger partial charge in [-0.15, -0.1) is 0 Å². The third kappa shape index (κ3) is 40.0. The van der Waals surface area contributed by atoms with Gasteiger partial charge in [-0.3, -0.25) is 77.5 Å². The highest BCUT2D eigenvalue weighted by Gasteiger charge is 2.38. The number of hydrogen-bond donors (Lipinski definition) is 20. The summed E-state index contributed by atoms with van der Waals surface area (Å²) in [6, 6.07) is 27.9. The van der Waals surface area contributed by atoms with Crippen molar-refractivity contribution in [2.24, 2.45) is 20.0 Å². The van der Waals surface area contributed by atoms with Gasteiger partial charge in [0, 0.05) is 110 Å². The van der Waals surface area contributed by atoms with Gasteiger partial charge in [0.25, 0.3) is 23.6 Å². The Kier molecular flexibility index (Phi) is 43.8. The van der Waals surface area contributed by atoms with E-state index in [0.29, 0.717) is 119 Å². The smallest absolute Gasteiger partial charge is 0.416 e. The first-order chi connectivity index (χ1) is 68.1. The number of carbonyl (C=O) groups excluding carboxylic acids is 8. The van der Waals surface area contributed by atoms with E-state index < -0.39 is 194 Å². The molecule has 0 saturated heterocycles. The Labute approximate surface area is 905 Å². The second-order valence-corrected chi connectivity index (χ2v) is 39.6. The van der Waals surface area contributed by atoms with Gasteiger partial charge in [-0.1, -0.05) is 43.5 Å². The van der Waals surface area contributed by atoms with Crippen LogP contribution in [0.1, 0.15) is 142 Å². The maximum Gasteiger partial charge on any atom is 0.416 e. The first-order valence-electron chi connectivity index (χ1n) is 42.2. The number of aliphatic imine (C=N–C) groups is 4. The van der Waals surface area contributed by atoms with E-state index in [4.69, 9.17) is 11.6 Å². The van der Waals surface area contributed by atoms with Crippen LogP contribution in [0.5, 0.6) is 0 Å². The lowest BCUT2D eigenvalue weighted by Crippen LogP contribution is -2.39. The summed E-state index contributed by atoms with van der Waals surface area (Å²) < 4.78 is 166. The molecule has 4 aliphatic rings. The summed E-state index contributed by atoms with van der Waals surface area (Å²) in [4.78, 5) is 162. The molecule has 0 aromatic heterocycles. The predicted octanol–water partition coefficient (Wildman–Crippen LogP) is 14.1. The van der Waals surface area contributed by atoms with Gasteiger partial charge in [-0.05, 0) is 287 Å². The van der Waals surface area contributed by atoms with E-state index in [1.807, 2.05) is 34.7 Å². The van der Waals surface area contributed by atoms with Crippen LogP contribution in [-0.4, -0.2) is 194 Å². The number of amides is 8. The van der Waals surface area contributed by atoms with Gasteiger partial charge >= 0.3 is 48.6 Å². The van der Waals surface area contributed by atoms with Gasteiger partial charge in [-0.25, -0.2) is 0 Å². The number of rotatable bonds is 32. The number of nitrogens with one attached hydrogen (secondary N) is 16. The van der Waals surface area contributed by atoms with Crippen molar-refractivity contribution in [3.05, 3.63) is 244 Å². The van der Waals surface area contributed by atoms with Gasteiger partial charge in [0.2, 0.25) is 23.6 Å². The summed E-state index contributed by atoms with van der Waals surface area (Å²) in [6.45, 7) is 1.79. The van der Waals surface area contributed by atoms with Crippen molar-refractivity contribution in [3.63, 3.8) is 0 Å². The molecule has 0 aliphatic carbocycles. The molecular formula is C89H82Br2ClF12I5N20O16. The predicted molar refractivity (Wildman–Crippen MR) is 558 cm³/mol. The Balaban J connectivity index is 0.000000215. The van der Waals surface area contributed by atoms with Crippen molar-refractivity contribution >= 4 is 274 Å². The highest BCUT2D eigenvalue weighted by molar-refractivity contribution is 14.1. The van der Waals surface area contributed by atoms with E-state index in [1.165, 1.54) is 30.3 Å². The minimum atomic E-state index is -4.72. The van der Waals surface area contributed by atoms with Crippen molar-refractivity contribution in [2.45, 2.75) is 81.0 Å². The van der Waals surface area contributed by atoms with Crippen molar-refractivity contribution in [3.8, 4) is 0 Å². The number of halogens is 20. The number of carboxylic acid groups (broad SMARTS) is 4. The lowest BCUT2D eigenvalue weighted by Gasteiger charge is -2.19. The topological polar surface area (TPSA) is 528 Å². The molecule has 8 amide bonds. The second kappa shape index (κ2) is 54.3. The van der Waals surface area contributed by atoms with Crippen LogP contribution >= 0.6 is 156 Å². The zero-order chi connectivity index (χ0) is 107. The molecule has 4 atom stereocenters. The number of anilines is 4. The molecule has 0 fully saturated rings. The fourth-order valence-corrected chi connectivity index (χ4v) is 19.9. The highest BCUT2D eigenvalue weighted by Crippen LogP contribution is 2.38.